The van der Waals surface area contributed by atoms with Crippen LogP contribution < -0.4 is 5.73 Å². The molecule has 1 aromatic carbocycles. The normalized spacial score (nSPS) is 14.6. The van der Waals surface area contributed by atoms with Crippen LogP contribution in [0.1, 0.15) is 31.7 Å². The maximum atomic E-state index is 12.7. The molecule has 0 aromatic heterocycles. The summed E-state index contributed by atoms with van der Waals surface area (Å²) in [6, 6.07) is 6.20. The summed E-state index contributed by atoms with van der Waals surface area (Å²) in [5, 5.41) is 0. The Kier molecular flexibility index (Phi) is 3.83. The smallest absolute Gasteiger partial charge is 0.221 e. The minimum absolute atomic E-state index is 0.0353. The fourth-order valence-electron chi connectivity index (χ4n) is 1.80. The number of rotatable bonds is 4. The summed E-state index contributed by atoms with van der Waals surface area (Å²) >= 11 is 0. The highest BCUT2D eigenvalue weighted by molar-refractivity contribution is 5.77. The molecule has 1 rings (SSSR count). The summed E-state index contributed by atoms with van der Waals surface area (Å²) in [7, 11) is 0. The van der Waals surface area contributed by atoms with Crippen LogP contribution in [0.2, 0.25) is 0 Å². The number of carbonyl (C=O) groups excluding carboxylic acids is 1. The van der Waals surface area contributed by atoms with Crippen molar-refractivity contribution in [1.82, 2.24) is 0 Å². The highest BCUT2D eigenvalue weighted by atomic mass is 19.1. The van der Waals surface area contributed by atoms with Gasteiger partial charge in [-0.3, -0.25) is 4.79 Å². The van der Waals surface area contributed by atoms with Crippen LogP contribution in [-0.2, 0) is 4.79 Å². The number of amides is 1. The molecule has 0 heterocycles. The lowest BCUT2D eigenvalue weighted by Gasteiger charge is -2.19. The fourth-order valence-corrected chi connectivity index (χ4v) is 1.80. The number of hydrogen-bond acceptors (Lipinski definition) is 1. The van der Waals surface area contributed by atoms with Gasteiger partial charge in [0, 0.05) is 5.92 Å². The van der Waals surface area contributed by atoms with Crippen LogP contribution in [0.4, 0.5) is 4.39 Å². The van der Waals surface area contributed by atoms with Crippen molar-refractivity contribution < 1.29 is 9.18 Å². The Balaban J connectivity index is 2.87. The maximum absolute atomic E-state index is 12.7. The predicted octanol–water partition coefficient (Wildman–Crippen LogP) is 2.44. The van der Waals surface area contributed by atoms with Gasteiger partial charge in [-0.25, -0.2) is 4.39 Å². The van der Waals surface area contributed by atoms with E-state index in [-0.39, 0.29) is 23.6 Å². The zero-order chi connectivity index (χ0) is 11.4. The van der Waals surface area contributed by atoms with E-state index in [4.69, 9.17) is 5.73 Å². The molecule has 0 aliphatic carbocycles. The lowest BCUT2D eigenvalue weighted by Crippen LogP contribution is -2.27. The van der Waals surface area contributed by atoms with Gasteiger partial charge in [-0.1, -0.05) is 26.0 Å². The molecule has 82 valence electrons. The Bertz CT molecular complexity index is 334. The first-order valence-corrected chi connectivity index (χ1v) is 5.11. The highest BCUT2D eigenvalue weighted by Gasteiger charge is 2.22. The summed E-state index contributed by atoms with van der Waals surface area (Å²) < 4.78 is 12.7. The third kappa shape index (κ3) is 2.78. The van der Waals surface area contributed by atoms with E-state index in [1.165, 1.54) is 12.1 Å². The van der Waals surface area contributed by atoms with Crippen LogP contribution in [0.5, 0.6) is 0 Å². The quantitative estimate of drug-likeness (QED) is 0.813. The Labute approximate surface area is 89.3 Å². The molecule has 3 heteroatoms. The molecule has 0 aliphatic heterocycles. The number of hydrogen-bond donors (Lipinski definition) is 1. The van der Waals surface area contributed by atoms with Crippen molar-refractivity contribution in [3.63, 3.8) is 0 Å². The first-order chi connectivity index (χ1) is 7.06. The Morgan fingerprint density at radius 1 is 1.40 bits per heavy atom. The van der Waals surface area contributed by atoms with Crippen LogP contribution in [-0.4, -0.2) is 5.91 Å². The average Bonchev–Trinajstić information content (AvgIpc) is 2.19. The second-order valence-electron chi connectivity index (χ2n) is 3.76. The van der Waals surface area contributed by atoms with Gasteiger partial charge in [0.05, 0.1) is 0 Å². The number of nitrogens with two attached hydrogens (primary N) is 1. The van der Waals surface area contributed by atoms with E-state index in [1.807, 2.05) is 13.8 Å². The van der Waals surface area contributed by atoms with Crippen molar-refractivity contribution in [2.45, 2.75) is 26.2 Å². The van der Waals surface area contributed by atoms with Gasteiger partial charge in [0.2, 0.25) is 5.91 Å². The molecule has 1 amide bonds. The lowest BCUT2D eigenvalue weighted by atomic mass is 9.85. The van der Waals surface area contributed by atoms with E-state index in [9.17, 15) is 9.18 Å². The molecule has 0 saturated carbocycles. The molecule has 2 atom stereocenters. The molecule has 1 unspecified atom stereocenters. The van der Waals surface area contributed by atoms with Crippen molar-refractivity contribution in [3.8, 4) is 0 Å². The van der Waals surface area contributed by atoms with Crippen LogP contribution in [0.25, 0.3) is 0 Å². The van der Waals surface area contributed by atoms with Gasteiger partial charge < -0.3 is 5.73 Å². The monoisotopic (exact) mass is 209 g/mol. The Morgan fingerprint density at radius 2 is 1.93 bits per heavy atom. The largest absolute Gasteiger partial charge is 0.369 e. The summed E-state index contributed by atoms with van der Waals surface area (Å²) in [5.41, 5.74) is 6.25. The molecule has 0 bridgehead atoms. The predicted molar refractivity (Wildman–Crippen MR) is 57.8 cm³/mol. The van der Waals surface area contributed by atoms with Gasteiger partial charge in [-0.15, -0.1) is 0 Å². The minimum Gasteiger partial charge on any atom is -0.369 e. The number of benzene rings is 1. The molecule has 2 nitrogen and oxygen atoms in total. The van der Waals surface area contributed by atoms with Crippen LogP contribution in [0.3, 0.4) is 0 Å². The van der Waals surface area contributed by atoms with E-state index in [2.05, 4.69) is 0 Å². The SMILES string of the molecule is CCC(C(N)=O)[C@H](C)c1ccc(F)cc1. The van der Waals surface area contributed by atoms with E-state index in [0.29, 0.717) is 6.42 Å². The van der Waals surface area contributed by atoms with Gasteiger partial charge in [-0.2, -0.15) is 0 Å². The first kappa shape index (κ1) is 11.7. The average molecular weight is 209 g/mol. The van der Waals surface area contributed by atoms with Crippen LogP contribution in [0, 0.1) is 11.7 Å². The van der Waals surface area contributed by atoms with Crippen molar-refractivity contribution in [3.05, 3.63) is 35.6 Å². The minimum atomic E-state index is -0.297. The second kappa shape index (κ2) is 4.91. The van der Waals surface area contributed by atoms with Crippen molar-refractivity contribution in [1.29, 1.82) is 0 Å². The van der Waals surface area contributed by atoms with Crippen molar-refractivity contribution in [2.24, 2.45) is 11.7 Å². The first-order valence-electron chi connectivity index (χ1n) is 5.11. The summed E-state index contributed by atoms with van der Waals surface area (Å²) in [4.78, 5) is 11.2. The van der Waals surface area contributed by atoms with E-state index in [0.717, 1.165) is 5.56 Å². The van der Waals surface area contributed by atoms with Gasteiger partial charge in [0.15, 0.2) is 0 Å². The summed E-state index contributed by atoms with van der Waals surface area (Å²) in [5.74, 6) is -0.712. The highest BCUT2D eigenvalue weighted by Crippen LogP contribution is 2.26. The Morgan fingerprint density at radius 3 is 2.33 bits per heavy atom. The molecular formula is C12H16FNO. The molecule has 2 N–H and O–H groups in total. The van der Waals surface area contributed by atoms with Gasteiger partial charge in [0.1, 0.15) is 5.82 Å². The van der Waals surface area contributed by atoms with E-state index in [1.54, 1.807) is 12.1 Å². The third-order valence-electron chi connectivity index (χ3n) is 2.80. The molecule has 1 aromatic rings. The standard InChI is InChI=1S/C12H16FNO/c1-3-11(12(14)15)8(2)9-4-6-10(13)7-5-9/h4-8,11H,3H2,1-2H3,(H2,14,15)/t8-,11?/m1/s1. The summed E-state index contributed by atoms with van der Waals surface area (Å²) in [6.45, 7) is 3.86. The van der Waals surface area contributed by atoms with E-state index >= 15 is 0 Å². The summed E-state index contributed by atoms with van der Waals surface area (Å²) in [6.07, 6.45) is 0.702. The van der Waals surface area contributed by atoms with Crippen LogP contribution in [0.15, 0.2) is 24.3 Å². The molecule has 15 heavy (non-hydrogen) atoms. The molecular weight excluding hydrogens is 193 g/mol. The Hall–Kier alpha value is -1.38. The lowest BCUT2D eigenvalue weighted by molar-refractivity contribution is -0.122. The molecule has 0 spiro atoms. The van der Waals surface area contributed by atoms with Gasteiger partial charge >= 0.3 is 0 Å². The van der Waals surface area contributed by atoms with E-state index < -0.39 is 0 Å². The topological polar surface area (TPSA) is 43.1 Å². The molecule has 0 saturated heterocycles. The number of primary amides is 1. The molecule has 0 aliphatic rings. The van der Waals surface area contributed by atoms with Crippen LogP contribution >= 0.6 is 0 Å². The number of carbonyl (C=O) groups is 1. The zero-order valence-electron chi connectivity index (χ0n) is 9.03. The fraction of sp³-hybridized carbons (Fsp3) is 0.417. The zero-order valence-corrected chi connectivity index (χ0v) is 9.03. The number of halogens is 1. The maximum Gasteiger partial charge on any atom is 0.221 e. The van der Waals surface area contributed by atoms with Gasteiger partial charge in [0.25, 0.3) is 0 Å². The second-order valence-corrected chi connectivity index (χ2v) is 3.76. The van der Waals surface area contributed by atoms with Crippen molar-refractivity contribution in [2.75, 3.05) is 0 Å². The molecule has 0 radical (unpaired) electrons. The third-order valence-corrected chi connectivity index (χ3v) is 2.80. The van der Waals surface area contributed by atoms with Crippen molar-refractivity contribution >= 4 is 5.91 Å². The van der Waals surface area contributed by atoms with Gasteiger partial charge in [-0.05, 0) is 30.0 Å². The molecule has 0 fully saturated rings.